The van der Waals surface area contributed by atoms with Gasteiger partial charge in [-0.15, -0.1) is 11.3 Å². The number of hydrazone groups is 1. The molecule has 1 aromatic carbocycles. The summed E-state index contributed by atoms with van der Waals surface area (Å²) >= 11 is 6.94. The Labute approximate surface area is 140 Å². The lowest BCUT2D eigenvalue weighted by Crippen LogP contribution is -2.07. The number of carbonyl (C=O) groups excluding carboxylic acids is 1. The number of nitrogens with zero attached hydrogens (tertiary/aromatic N) is 2. The number of esters is 1. The Morgan fingerprint density at radius 3 is 3.09 bits per heavy atom. The standard InChI is InChI=1S/C14H13ClFN3O3S/c1-2-22-12(20)5-9-7-23-14(18-9)19-17-6-8-3-10(15)13(21)11(16)4-8/h3-4,6-7,21H,2,5H2,1H3,(H,18,19). The van der Waals surface area contributed by atoms with E-state index in [4.69, 9.17) is 16.3 Å². The van der Waals surface area contributed by atoms with Gasteiger partial charge in [0.05, 0.1) is 30.0 Å². The average Bonchev–Trinajstić information content (AvgIpc) is 2.92. The summed E-state index contributed by atoms with van der Waals surface area (Å²) in [5, 5.41) is 15.2. The molecule has 6 nitrogen and oxygen atoms in total. The van der Waals surface area contributed by atoms with Crippen LogP contribution in [0.2, 0.25) is 5.02 Å². The first-order valence-corrected chi connectivity index (χ1v) is 7.82. The summed E-state index contributed by atoms with van der Waals surface area (Å²) < 4.78 is 18.1. The molecule has 0 saturated carbocycles. The Kier molecular flexibility index (Phi) is 5.89. The summed E-state index contributed by atoms with van der Waals surface area (Å²) in [5.41, 5.74) is 3.62. The third-order valence-electron chi connectivity index (χ3n) is 2.60. The molecular formula is C14H13ClFN3O3S. The molecule has 0 aliphatic rings. The topological polar surface area (TPSA) is 83.8 Å². The van der Waals surface area contributed by atoms with Crippen LogP contribution in [0.4, 0.5) is 9.52 Å². The van der Waals surface area contributed by atoms with Gasteiger partial charge in [-0.05, 0) is 24.6 Å². The van der Waals surface area contributed by atoms with Gasteiger partial charge in [-0.2, -0.15) is 5.10 Å². The number of nitrogens with one attached hydrogen (secondary N) is 1. The van der Waals surface area contributed by atoms with Crippen LogP contribution in [0.1, 0.15) is 18.2 Å². The molecule has 0 bridgehead atoms. The van der Waals surface area contributed by atoms with Crippen LogP contribution in [0.3, 0.4) is 0 Å². The summed E-state index contributed by atoms with van der Waals surface area (Å²) in [4.78, 5) is 15.5. The minimum Gasteiger partial charge on any atom is -0.504 e. The Bertz CT molecular complexity index is 713. The molecule has 9 heteroatoms. The van der Waals surface area contributed by atoms with Crippen molar-refractivity contribution in [3.8, 4) is 5.75 Å². The molecular weight excluding hydrogens is 345 g/mol. The van der Waals surface area contributed by atoms with Gasteiger partial charge in [-0.1, -0.05) is 11.6 Å². The zero-order chi connectivity index (χ0) is 16.8. The summed E-state index contributed by atoms with van der Waals surface area (Å²) in [6, 6.07) is 2.47. The Balaban J connectivity index is 1.96. The summed E-state index contributed by atoms with van der Waals surface area (Å²) in [6.07, 6.45) is 1.43. The molecule has 0 radical (unpaired) electrons. The first-order valence-electron chi connectivity index (χ1n) is 6.56. The predicted molar refractivity (Wildman–Crippen MR) is 86.7 cm³/mol. The van der Waals surface area contributed by atoms with Crippen molar-refractivity contribution in [2.45, 2.75) is 13.3 Å². The summed E-state index contributed by atoms with van der Waals surface area (Å²) in [6.45, 7) is 2.06. The van der Waals surface area contributed by atoms with Gasteiger partial charge >= 0.3 is 5.97 Å². The lowest BCUT2D eigenvalue weighted by Gasteiger charge is -2.00. The smallest absolute Gasteiger partial charge is 0.311 e. The number of phenolic OH excluding ortho intramolecular Hbond substituents is 1. The van der Waals surface area contributed by atoms with Gasteiger partial charge in [0.25, 0.3) is 0 Å². The molecule has 2 rings (SSSR count). The van der Waals surface area contributed by atoms with Gasteiger partial charge in [0.2, 0.25) is 5.13 Å². The fraction of sp³-hybridized carbons (Fsp3) is 0.214. The van der Waals surface area contributed by atoms with Crippen LogP contribution in [0.5, 0.6) is 5.75 Å². The number of benzene rings is 1. The largest absolute Gasteiger partial charge is 0.504 e. The molecule has 122 valence electrons. The maximum Gasteiger partial charge on any atom is 0.311 e. The van der Waals surface area contributed by atoms with Crippen LogP contribution in [-0.4, -0.2) is 28.9 Å². The zero-order valence-electron chi connectivity index (χ0n) is 12.0. The van der Waals surface area contributed by atoms with E-state index in [0.717, 1.165) is 6.07 Å². The summed E-state index contributed by atoms with van der Waals surface area (Å²) in [5.74, 6) is -1.77. The van der Waals surface area contributed by atoms with Crippen LogP contribution < -0.4 is 5.43 Å². The number of aromatic hydroxyl groups is 1. The van der Waals surface area contributed by atoms with Crippen molar-refractivity contribution in [3.05, 3.63) is 39.6 Å². The normalized spacial score (nSPS) is 10.9. The third kappa shape index (κ3) is 4.90. The first kappa shape index (κ1) is 17.2. The molecule has 0 saturated heterocycles. The highest BCUT2D eigenvalue weighted by Gasteiger charge is 2.08. The van der Waals surface area contributed by atoms with Crippen molar-refractivity contribution in [2.75, 3.05) is 12.0 Å². The Morgan fingerprint density at radius 2 is 2.39 bits per heavy atom. The average molecular weight is 358 g/mol. The number of aromatic nitrogens is 1. The van der Waals surface area contributed by atoms with Gasteiger partial charge in [0, 0.05) is 5.38 Å². The Hall–Kier alpha value is -2.19. The predicted octanol–water partition coefficient (Wildman–Crippen LogP) is 3.19. The van der Waals surface area contributed by atoms with Crippen molar-refractivity contribution in [2.24, 2.45) is 5.10 Å². The highest BCUT2D eigenvalue weighted by atomic mass is 35.5. The van der Waals surface area contributed by atoms with Crippen molar-refractivity contribution in [3.63, 3.8) is 0 Å². The summed E-state index contributed by atoms with van der Waals surface area (Å²) in [7, 11) is 0. The van der Waals surface area contributed by atoms with Crippen molar-refractivity contribution in [1.82, 2.24) is 4.98 Å². The molecule has 0 aliphatic carbocycles. The molecule has 2 N–H and O–H groups in total. The van der Waals surface area contributed by atoms with Gasteiger partial charge in [0.1, 0.15) is 0 Å². The molecule has 0 aliphatic heterocycles. The highest BCUT2D eigenvalue weighted by Crippen LogP contribution is 2.27. The highest BCUT2D eigenvalue weighted by molar-refractivity contribution is 7.13. The van der Waals surface area contributed by atoms with Crippen molar-refractivity contribution >= 4 is 40.3 Å². The van der Waals surface area contributed by atoms with Crippen LogP contribution in [0, 0.1) is 5.82 Å². The number of anilines is 1. The number of halogens is 2. The second-order valence-corrected chi connectivity index (χ2v) is 5.59. The van der Waals surface area contributed by atoms with Crippen LogP contribution in [0.25, 0.3) is 0 Å². The van der Waals surface area contributed by atoms with Gasteiger partial charge < -0.3 is 9.84 Å². The van der Waals surface area contributed by atoms with Gasteiger partial charge in [-0.25, -0.2) is 9.37 Å². The molecule has 23 heavy (non-hydrogen) atoms. The van der Waals surface area contributed by atoms with Crippen molar-refractivity contribution < 1.29 is 19.0 Å². The second kappa shape index (κ2) is 7.89. The monoisotopic (exact) mass is 357 g/mol. The van der Waals surface area contributed by atoms with E-state index in [0.29, 0.717) is 23.0 Å². The van der Waals surface area contributed by atoms with E-state index in [2.05, 4.69) is 15.5 Å². The van der Waals surface area contributed by atoms with Crippen molar-refractivity contribution in [1.29, 1.82) is 0 Å². The van der Waals surface area contributed by atoms with E-state index in [-0.39, 0.29) is 17.4 Å². The molecule has 2 aromatic rings. The van der Waals surface area contributed by atoms with E-state index >= 15 is 0 Å². The second-order valence-electron chi connectivity index (χ2n) is 4.33. The molecule has 0 atom stereocenters. The SMILES string of the molecule is CCOC(=O)Cc1csc(NN=Cc2cc(F)c(O)c(Cl)c2)n1. The third-order valence-corrected chi connectivity index (χ3v) is 3.68. The van der Waals surface area contributed by atoms with E-state index < -0.39 is 11.6 Å². The Morgan fingerprint density at radius 1 is 1.61 bits per heavy atom. The molecule has 0 unspecified atom stereocenters. The number of ether oxygens (including phenoxy) is 1. The van der Waals surface area contributed by atoms with E-state index in [1.807, 2.05) is 0 Å². The number of phenols is 1. The van der Waals surface area contributed by atoms with E-state index in [9.17, 15) is 14.3 Å². The molecule has 0 spiro atoms. The fourth-order valence-electron chi connectivity index (χ4n) is 1.62. The molecule has 1 aromatic heterocycles. The number of rotatable bonds is 6. The minimum absolute atomic E-state index is 0.0918. The van der Waals surface area contributed by atoms with Crippen LogP contribution in [0.15, 0.2) is 22.6 Å². The number of thiazole rings is 1. The fourth-order valence-corrected chi connectivity index (χ4v) is 2.50. The molecule has 0 fully saturated rings. The zero-order valence-corrected chi connectivity index (χ0v) is 13.6. The quantitative estimate of drug-likeness (QED) is 0.471. The first-order chi connectivity index (χ1) is 11.0. The van der Waals surface area contributed by atoms with E-state index in [1.165, 1.54) is 23.6 Å². The van der Waals surface area contributed by atoms with Gasteiger partial charge in [0.15, 0.2) is 11.6 Å². The lowest BCUT2D eigenvalue weighted by molar-refractivity contribution is -0.142. The minimum atomic E-state index is -0.829. The number of carbonyl (C=O) groups is 1. The van der Waals surface area contributed by atoms with Crippen LogP contribution >= 0.6 is 22.9 Å². The lowest BCUT2D eigenvalue weighted by atomic mass is 10.2. The van der Waals surface area contributed by atoms with Gasteiger partial charge in [-0.3, -0.25) is 10.2 Å². The van der Waals surface area contributed by atoms with E-state index in [1.54, 1.807) is 12.3 Å². The molecule has 1 heterocycles. The number of hydrogen-bond donors (Lipinski definition) is 2. The molecule has 0 amide bonds. The maximum atomic E-state index is 13.3. The number of hydrogen-bond acceptors (Lipinski definition) is 7. The maximum absolute atomic E-state index is 13.3. The van der Waals surface area contributed by atoms with Crippen LogP contribution in [-0.2, 0) is 16.0 Å².